The Bertz CT molecular complexity index is 1080. The van der Waals surface area contributed by atoms with Crippen LogP contribution in [-0.2, 0) is 21.4 Å². The zero-order valence-corrected chi connectivity index (χ0v) is 17.8. The number of piperazine rings is 1. The van der Waals surface area contributed by atoms with Gasteiger partial charge in [0.2, 0.25) is 15.9 Å². The molecule has 0 atom stereocenters. The van der Waals surface area contributed by atoms with Gasteiger partial charge in [-0.05, 0) is 35.9 Å². The molecule has 1 fully saturated rings. The second kappa shape index (κ2) is 9.11. The van der Waals surface area contributed by atoms with E-state index in [1.165, 1.54) is 4.90 Å². The number of nitrogens with one attached hydrogen (secondary N) is 1. The molecule has 10 heteroatoms. The number of halogens is 2. The summed E-state index contributed by atoms with van der Waals surface area (Å²) in [5.41, 5.74) is 0.480. The van der Waals surface area contributed by atoms with E-state index in [-0.39, 0.29) is 42.5 Å². The number of hydrogen-bond acceptors (Lipinski definition) is 4. The SMILES string of the molecule is CCNS(=O)(=O)c1ccc(F)c(C(=O)N2CCN(Cc3cccc(Cl)c3)C(=O)C2)c1. The average molecular weight is 454 g/mol. The summed E-state index contributed by atoms with van der Waals surface area (Å²) in [6, 6.07) is 10.2. The van der Waals surface area contributed by atoms with E-state index in [0.717, 1.165) is 23.8 Å². The fourth-order valence-corrected chi connectivity index (χ4v) is 4.46. The number of carbonyl (C=O) groups is 2. The summed E-state index contributed by atoms with van der Waals surface area (Å²) in [4.78, 5) is 27.9. The molecule has 0 radical (unpaired) electrons. The van der Waals surface area contributed by atoms with Crippen molar-refractivity contribution in [3.8, 4) is 0 Å². The molecule has 2 amide bonds. The van der Waals surface area contributed by atoms with Crippen molar-refractivity contribution in [2.45, 2.75) is 18.4 Å². The van der Waals surface area contributed by atoms with Crippen LogP contribution in [0.25, 0.3) is 0 Å². The lowest BCUT2D eigenvalue weighted by Gasteiger charge is -2.34. The molecular weight excluding hydrogens is 433 g/mol. The first-order chi connectivity index (χ1) is 14.2. The third-order valence-corrected chi connectivity index (χ3v) is 6.46. The summed E-state index contributed by atoms with van der Waals surface area (Å²) in [6.45, 7) is 2.38. The Morgan fingerprint density at radius 1 is 1.20 bits per heavy atom. The molecule has 30 heavy (non-hydrogen) atoms. The number of carbonyl (C=O) groups excluding carboxylic acids is 2. The van der Waals surface area contributed by atoms with Crippen LogP contribution < -0.4 is 4.72 Å². The van der Waals surface area contributed by atoms with Gasteiger partial charge in [-0.25, -0.2) is 17.5 Å². The molecule has 7 nitrogen and oxygen atoms in total. The van der Waals surface area contributed by atoms with Crippen molar-refractivity contribution < 1.29 is 22.4 Å². The molecule has 0 unspecified atom stereocenters. The number of nitrogens with zero attached hydrogens (tertiary/aromatic N) is 2. The van der Waals surface area contributed by atoms with E-state index in [0.29, 0.717) is 11.6 Å². The van der Waals surface area contributed by atoms with Gasteiger partial charge < -0.3 is 9.80 Å². The molecule has 0 spiro atoms. The van der Waals surface area contributed by atoms with Gasteiger partial charge in [0.1, 0.15) is 12.4 Å². The standard InChI is InChI=1S/C20H21ClFN3O4S/c1-2-23-30(28,29)16-6-7-18(22)17(11-16)20(27)25-9-8-24(19(26)13-25)12-14-4-3-5-15(21)10-14/h3-7,10-11,23H,2,8-9,12-13H2,1H3. The van der Waals surface area contributed by atoms with Gasteiger partial charge in [-0.1, -0.05) is 30.7 Å². The Morgan fingerprint density at radius 2 is 1.97 bits per heavy atom. The molecule has 1 aliphatic heterocycles. The first-order valence-corrected chi connectivity index (χ1v) is 11.2. The lowest BCUT2D eigenvalue weighted by atomic mass is 10.1. The molecule has 1 heterocycles. The van der Waals surface area contributed by atoms with E-state index in [4.69, 9.17) is 11.6 Å². The van der Waals surface area contributed by atoms with Gasteiger partial charge >= 0.3 is 0 Å². The maximum atomic E-state index is 14.3. The van der Waals surface area contributed by atoms with Crippen molar-refractivity contribution in [1.29, 1.82) is 0 Å². The number of amides is 2. The fraction of sp³-hybridized carbons (Fsp3) is 0.300. The van der Waals surface area contributed by atoms with Gasteiger partial charge in [0, 0.05) is 31.2 Å². The minimum absolute atomic E-state index is 0.159. The maximum absolute atomic E-state index is 14.3. The van der Waals surface area contributed by atoms with Crippen molar-refractivity contribution >= 4 is 33.4 Å². The van der Waals surface area contributed by atoms with Crippen molar-refractivity contribution in [2.24, 2.45) is 0 Å². The predicted molar refractivity (Wildman–Crippen MR) is 110 cm³/mol. The minimum atomic E-state index is -3.84. The molecule has 3 rings (SSSR count). The summed E-state index contributed by atoms with van der Waals surface area (Å²) < 4.78 is 40.9. The van der Waals surface area contributed by atoms with Gasteiger partial charge in [-0.2, -0.15) is 0 Å². The molecule has 1 N–H and O–H groups in total. The smallest absolute Gasteiger partial charge is 0.257 e. The predicted octanol–water partition coefficient (Wildman–Crippen LogP) is 2.26. The summed E-state index contributed by atoms with van der Waals surface area (Å²) in [6.07, 6.45) is 0. The summed E-state index contributed by atoms with van der Waals surface area (Å²) in [5, 5.41) is 0.566. The van der Waals surface area contributed by atoms with E-state index in [2.05, 4.69) is 4.72 Å². The second-order valence-corrected chi connectivity index (χ2v) is 9.02. The van der Waals surface area contributed by atoms with E-state index in [9.17, 15) is 22.4 Å². The largest absolute Gasteiger partial charge is 0.335 e. The lowest BCUT2D eigenvalue weighted by Crippen LogP contribution is -2.52. The van der Waals surface area contributed by atoms with Gasteiger partial charge in [0.15, 0.2) is 0 Å². The molecular formula is C20H21ClFN3O4S. The van der Waals surface area contributed by atoms with Crippen LogP contribution in [-0.4, -0.2) is 56.2 Å². The number of sulfonamides is 1. The number of benzene rings is 2. The molecule has 0 aliphatic carbocycles. The number of rotatable bonds is 6. The van der Waals surface area contributed by atoms with E-state index < -0.39 is 21.7 Å². The van der Waals surface area contributed by atoms with Gasteiger partial charge in [-0.15, -0.1) is 0 Å². The Hall–Kier alpha value is -2.49. The molecule has 0 aromatic heterocycles. The molecule has 2 aromatic carbocycles. The highest BCUT2D eigenvalue weighted by Crippen LogP contribution is 2.19. The van der Waals surface area contributed by atoms with Crippen LogP contribution in [0.2, 0.25) is 5.02 Å². The third-order valence-electron chi connectivity index (χ3n) is 4.68. The fourth-order valence-electron chi connectivity index (χ4n) is 3.18. The monoisotopic (exact) mass is 453 g/mol. The van der Waals surface area contributed by atoms with Crippen molar-refractivity contribution in [2.75, 3.05) is 26.2 Å². The van der Waals surface area contributed by atoms with Crippen LogP contribution in [0.3, 0.4) is 0 Å². The van der Waals surface area contributed by atoms with Crippen LogP contribution in [0.1, 0.15) is 22.8 Å². The molecule has 0 saturated carbocycles. The Balaban J connectivity index is 1.74. The highest BCUT2D eigenvalue weighted by atomic mass is 35.5. The van der Waals surface area contributed by atoms with Crippen LogP contribution in [0.5, 0.6) is 0 Å². The van der Waals surface area contributed by atoms with Crippen LogP contribution >= 0.6 is 11.6 Å². The summed E-state index contributed by atoms with van der Waals surface area (Å²) in [7, 11) is -3.84. The first kappa shape index (κ1) is 22.2. The Labute approximate surface area is 179 Å². The zero-order valence-electron chi connectivity index (χ0n) is 16.3. The highest BCUT2D eigenvalue weighted by Gasteiger charge is 2.30. The van der Waals surface area contributed by atoms with Crippen LogP contribution in [0.15, 0.2) is 47.4 Å². The highest BCUT2D eigenvalue weighted by molar-refractivity contribution is 7.89. The van der Waals surface area contributed by atoms with Crippen molar-refractivity contribution in [3.05, 3.63) is 64.4 Å². The maximum Gasteiger partial charge on any atom is 0.257 e. The lowest BCUT2D eigenvalue weighted by molar-refractivity contribution is -0.135. The minimum Gasteiger partial charge on any atom is -0.335 e. The Kier molecular flexibility index (Phi) is 6.74. The quantitative estimate of drug-likeness (QED) is 0.726. The molecule has 1 saturated heterocycles. The van der Waals surface area contributed by atoms with Gasteiger partial charge in [-0.3, -0.25) is 9.59 Å². The Morgan fingerprint density at radius 3 is 2.63 bits per heavy atom. The number of hydrogen-bond donors (Lipinski definition) is 1. The van der Waals surface area contributed by atoms with E-state index in [1.807, 2.05) is 6.07 Å². The van der Waals surface area contributed by atoms with E-state index in [1.54, 1.807) is 30.0 Å². The second-order valence-electron chi connectivity index (χ2n) is 6.81. The van der Waals surface area contributed by atoms with Crippen molar-refractivity contribution in [1.82, 2.24) is 14.5 Å². The normalized spacial score (nSPS) is 14.8. The third kappa shape index (κ3) is 4.97. The van der Waals surface area contributed by atoms with Crippen LogP contribution in [0, 0.1) is 5.82 Å². The molecule has 2 aromatic rings. The first-order valence-electron chi connectivity index (χ1n) is 9.32. The molecule has 0 bridgehead atoms. The topological polar surface area (TPSA) is 86.8 Å². The van der Waals surface area contributed by atoms with Crippen molar-refractivity contribution in [3.63, 3.8) is 0 Å². The molecule has 1 aliphatic rings. The molecule has 160 valence electrons. The zero-order chi connectivity index (χ0) is 21.9. The van der Waals surface area contributed by atoms with Gasteiger partial charge in [0.25, 0.3) is 5.91 Å². The average Bonchev–Trinajstić information content (AvgIpc) is 2.69. The van der Waals surface area contributed by atoms with E-state index >= 15 is 0 Å². The van der Waals surface area contributed by atoms with Gasteiger partial charge in [0.05, 0.1) is 10.5 Å². The summed E-state index contributed by atoms with van der Waals surface area (Å²) >= 11 is 5.97. The van der Waals surface area contributed by atoms with Crippen LogP contribution in [0.4, 0.5) is 4.39 Å². The summed E-state index contributed by atoms with van der Waals surface area (Å²) in [5.74, 6) is -1.85.